The summed E-state index contributed by atoms with van der Waals surface area (Å²) in [5, 5.41) is 0. The lowest BCUT2D eigenvalue weighted by molar-refractivity contribution is -0.0599. The van der Waals surface area contributed by atoms with Crippen LogP contribution in [0.1, 0.15) is 51.4 Å². The molecule has 0 radical (unpaired) electrons. The minimum atomic E-state index is -2.41. The van der Waals surface area contributed by atoms with Gasteiger partial charge in [-0.3, -0.25) is 0 Å². The molecule has 0 spiro atoms. The van der Waals surface area contributed by atoms with Gasteiger partial charge in [0.25, 0.3) is 0 Å². The summed E-state index contributed by atoms with van der Waals surface area (Å²) < 4.78 is 26.8. The molecule has 0 aromatic carbocycles. The Morgan fingerprint density at radius 2 is 2.00 bits per heavy atom. The second-order valence-corrected chi connectivity index (χ2v) is 6.04. The summed E-state index contributed by atoms with van der Waals surface area (Å²) in [6, 6.07) is 0.541. The van der Waals surface area contributed by atoms with E-state index in [1.54, 1.807) is 0 Å². The quantitative estimate of drug-likeness (QED) is 0.842. The van der Waals surface area contributed by atoms with Crippen molar-refractivity contribution < 1.29 is 8.78 Å². The summed E-state index contributed by atoms with van der Waals surface area (Å²) >= 11 is 0. The summed E-state index contributed by atoms with van der Waals surface area (Å²) in [4.78, 5) is 2.43. The van der Waals surface area contributed by atoms with E-state index in [2.05, 4.69) is 4.90 Å². The van der Waals surface area contributed by atoms with Crippen molar-refractivity contribution in [1.29, 1.82) is 0 Å². The van der Waals surface area contributed by atoms with Crippen LogP contribution in [0.4, 0.5) is 8.78 Å². The Morgan fingerprint density at radius 3 is 2.72 bits per heavy atom. The van der Waals surface area contributed by atoms with E-state index in [1.807, 2.05) is 0 Å². The van der Waals surface area contributed by atoms with Gasteiger partial charge in [0.15, 0.2) is 0 Å². The normalized spacial score (nSPS) is 33.5. The fourth-order valence-corrected chi connectivity index (χ4v) is 3.58. The molecule has 1 aliphatic carbocycles. The van der Waals surface area contributed by atoms with E-state index in [1.165, 1.54) is 19.3 Å². The second kappa shape index (κ2) is 6.29. The molecule has 1 saturated heterocycles. The molecule has 2 nitrogen and oxygen atoms in total. The molecule has 1 heterocycles. The molecule has 2 unspecified atom stereocenters. The van der Waals surface area contributed by atoms with Crippen LogP contribution in [0.2, 0.25) is 0 Å². The number of halogens is 2. The lowest BCUT2D eigenvalue weighted by Crippen LogP contribution is -2.44. The van der Waals surface area contributed by atoms with Crippen LogP contribution in [0.3, 0.4) is 0 Å². The van der Waals surface area contributed by atoms with Crippen LogP contribution in [0.25, 0.3) is 0 Å². The predicted octanol–water partition coefficient (Wildman–Crippen LogP) is 3.02. The zero-order chi connectivity index (χ0) is 13.0. The molecular weight excluding hydrogens is 234 g/mol. The Hall–Kier alpha value is -0.220. The standard InChI is InChI=1S/C14H26F2N2/c15-14(16)7-3-4-12(10-14)11-18-9-2-1-5-13(18)6-8-17/h12-13H,1-11,17H2. The summed E-state index contributed by atoms with van der Waals surface area (Å²) in [6.45, 7) is 2.65. The minimum Gasteiger partial charge on any atom is -0.330 e. The maximum Gasteiger partial charge on any atom is 0.248 e. The van der Waals surface area contributed by atoms with Crippen LogP contribution >= 0.6 is 0 Å². The zero-order valence-electron chi connectivity index (χ0n) is 11.2. The first-order valence-corrected chi connectivity index (χ1v) is 7.43. The first-order valence-electron chi connectivity index (χ1n) is 7.43. The molecule has 0 aromatic heterocycles. The third-order valence-electron chi connectivity index (χ3n) is 4.48. The molecule has 2 fully saturated rings. The molecule has 0 amide bonds. The van der Waals surface area contributed by atoms with Gasteiger partial charge in [0.1, 0.15) is 0 Å². The fraction of sp³-hybridized carbons (Fsp3) is 1.00. The number of piperidine rings is 1. The highest BCUT2D eigenvalue weighted by Gasteiger charge is 2.37. The second-order valence-electron chi connectivity index (χ2n) is 6.04. The Morgan fingerprint density at radius 1 is 1.17 bits per heavy atom. The minimum absolute atomic E-state index is 0.0930. The van der Waals surface area contributed by atoms with Crippen LogP contribution in [-0.4, -0.2) is 36.5 Å². The van der Waals surface area contributed by atoms with Crippen molar-refractivity contribution in [3.63, 3.8) is 0 Å². The van der Waals surface area contributed by atoms with Crippen molar-refractivity contribution in [2.75, 3.05) is 19.6 Å². The Balaban J connectivity index is 1.86. The van der Waals surface area contributed by atoms with Crippen molar-refractivity contribution in [1.82, 2.24) is 4.90 Å². The molecule has 2 rings (SSSR count). The van der Waals surface area contributed by atoms with Crippen molar-refractivity contribution >= 4 is 0 Å². The van der Waals surface area contributed by atoms with Crippen LogP contribution in [0, 0.1) is 5.92 Å². The number of nitrogens with two attached hydrogens (primary N) is 1. The maximum atomic E-state index is 13.4. The van der Waals surface area contributed by atoms with Gasteiger partial charge in [0.05, 0.1) is 0 Å². The Bertz CT molecular complexity index is 256. The molecule has 106 valence electrons. The number of nitrogens with zero attached hydrogens (tertiary/aromatic N) is 1. The van der Waals surface area contributed by atoms with Gasteiger partial charge in [0.2, 0.25) is 5.92 Å². The Labute approximate surface area is 109 Å². The number of likely N-dealkylation sites (tertiary alicyclic amines) is 1. The van der Waals surface area contributed by atoms with Gasteiger partial charge in [-0.2, -0.15) is 0 Å². The van der Waals surface area contributed by atoms with Crippen LogP contribution in [0.5, 0.6) is 0 Å². The van der Waals surface area contributed by atoms with Crippen molar-refractivity contribution in [2.45, 2.75) is 63.3 Å². The lowest BCUT2D eigenvalue weighted by atomic mass is 9.85. The van der Waals surface area contributed by atoms with Gasteiger partial charge >= 0.3 is 0 Å². The van der Waals surface area contributed by atoms with E-state index in [-0.39, 0.29) is 18.8 Å². The molecule has 2 atom stereocenters. The highest BCUT2D eigenvalue weighted by Crippen LogP contribution is 2.37. The molecule has 0 bridgehead atoms. The van der Waals surface area contributed by atoms with Gasteiger partial charge in [-0.05, 0) is 51.1 Å². The molecule has 2 N–H and O–H groups in total. The summed E-state index contributed by atoms with van der Waals surface area (Å²) in [5.41, 5.74) is 5.65. The monoisotopic (exact) mass is 260 g/mol. The molecule has 18 heavy (non-hydrogen) atoms. The third-order valence-corrected chi connectivity index (χ3v) is 4.48. The summed E-state index contributed by atoms with van der Waals surface area (Å²) in [5.74, 6) is -2.23. The SMILES string of the molecule is NCCC1CCCCN1CC1CCCC(F)(F)C1. The first kappa shape index (κ1) is 14.2. The van der Waals surface area contributed by atoms with Crippen LogP contribution in [0.15, 0.2) is 0 Å². The van der Waals surface area contributed by atoms with Crippen molar-refractivity contribution in [3.8, 4) is 0 Å². The lowest BCUT2D eigenvalue weighted by Gasteiger charge is -2.39. The average molecular weight is 260 g/mol. The molecule has 0 aromatic rings. The third kappa shape index (κ3) is 3.89. The van der Waals surface area contributed by atoms with E-state index in [4.69, 9.17) is 5.73 Å². The van der Waals surface area contributed by atoms with Gasteiger partial charge in [-0.15, -0.1) is 0 Å². The topological polar surface area (TPSA) is 29.3 Å². The number of hydrogen-bond acceptors (Lipinski definition) is 2. The van der Waals surface area contributed by atoms with E-state index in [9.17, 15) is 8.78 Å². The van der Waals surface area contributed by atoms with Gasteiger partial charge in [-0.25, -0.2) is 8.78 Å². The summed E-state index contributed by atoms with van der Waals surface area (Å²) in [7, 11) is 0. The van der Waals surface area contributed by atoms with Gasteiger partial charge < -0.3 is 10.6 Å². The first-order chi connectivity index (χ1) is 8.61. The summed E-state index contributed by atoms with van der Waals surface area (Å²) in [6.07, 6.45) is 6.54. The van der Waals surface area contributed by atoms with E-state index in [0.29, 0.717) is 19.0 Å². The van der Waals surface area contributed by atoms with E-state index in [0.717, 1.165) is 25.9 Å². The van der Waals surface area contributed by atoms with Crippen LogP contribution < -0.4 is 5.73 Å². The smallest absolute Gasteiger partial charge is 0.248 e. The van der Waals surface area contributed by atoms with Crippen LogP contribution in [-0.2, 0) is 0 Å². The highest BCUT2D eigenvalue weighted by atomic mass is 19.3. The van der Waals surface area contributed by atoms with Crippen molar-refractivity contribution in [3.05, 3.63) is 0 Å². The Kier molecular flexibility index (Phi) is 4.96. The molecule has 1 aliphatic heterocycles. The molecule has 4 heteroatoms. The average Bonchev–Trinajstić information content (AvgIpc) is 2.31. The van der Waals surface area contributed by atoms with Crippen molar-refractivity contribution in [2.24, 2.45) is 11.7 Å². The number of rotatable bonds is 4. The molecule has 1 saturated carbocycles. The highest BCUT2D eigenvalue weighted by molar-refractivity contribution is 4.84. The number of alkyl halides is 2. The van der Waals surface area contributed by atoms with E-state index < -0.39 is 5.92 Å². The zero-order valence-corrected chi connectivity index (χ0v) is 11.2. The maximum absolute atomic E-state index is 13.4. The predicted molar refractivity (Wildman–Crippen MR) is 69.8 cm³/mol. The molecular formula is C14H26F2N2. The molecule has 2 aliphatic rings. The number of hydrogen-bond donors (Lipinski definition) is 1. The fourth-order valence-electron chi connectivity index (χ4n) is 3.58. The van der Waals surface area contributed by atoms with Gasteiger partial charge in [0, 0.05) is 25.4 Å². The largest absolute Gasteiger partial charge is 0.330 e. The van der Waals surface area contributed by atoms with E-state index >= 15 is 0 Å². The van der Waals surface area contributed by atoms with Gasteiger partial charge in [-0.1, -0.05) is 6.42 Å².